The summed E-state index contributed by atoms with van der Waals surface area (Å²) in [6.07, 6.45) is -24.3. The maximum Gasteiger partial charge on any atom is 0.306 e. The second kappa shape index (κ2) is 29.3. The maximum atomic E-state index is 12.7. The lowest BCUT2D eigenvalue weighted by Crippen LogP contribution is -2.65. The zero-order valence-electron chi connectivity index (χ0n) is 37.8. The van der Waals surface area contributed by atoms with Crippen molar-refractivity contribution in [2.45, 2.75) is 163 Å². The van der Waals surface area contributed by atoms with Crippen LogP contribution in [0.15, 0.2) is 30.3 Å². The molecule has 1 aromatic rings. The quantitative estimate of drug-likeness (QED) is 0.0275. The molecule has 1 unspecified atom stereocenters. The molecular formula is C43H67N3O23. The number of esters is 1. The Labute approximate surface area is 396 Å². The standard InChI is InChI=1S/C43H67N3O23/c47-18-24-31(54)34(57)36(59)41(66-24)65-21-26-33(56)39(69-43-37(60)35(58)32(55)25(19-48)67-43)38(61)42(68-26)63-16-15-44-27(49)11-5-2-8-14-45-40(62)23(17-29(51)52)46-28(50)12-6-7-13-30(53)64-20-22-9-3-1-4-10-22/h1,3-4,9-10,23-26,31-39,41-43,47-48,54-61H,2,5-8,11-21H2,(H,44,49)(H,45,62)(H,46,50)(H,51,52)/t23-,24+,25+,26+,31+,32+,33+,34-,35-,36-,37-,38-,39-,41-,42-,43?/m0/s1. The SMILES string of the molecule is O=C(O)C[C@H](NC(=O)CCCCC(=O)OCc1ccccc1)C(=O)NCCCCCC(=O)NCCO[C@H]1O[C@H](CO[C@H]2O[C@H](CO)[C@@H](O)[C@H](O)[C@@H]2O)[C@@H](O)[C@H](OC2O[C@H](CO)[C@@H](O)[C@H](O)[C@@H]2O)[C@@H]1O. The summed E-state index contributed by atoms with van der Waals surface area (Å²) in [5, 5.41) is 120. The first-order valence-corrected chi connectivity index (χ1v) is 22.7. The molecule has 0 bridgehead atoms. The molecule has 0 aliphatic carbocycles. The minimum Gasteiger partial charge on any atom is -0.481 e. The summed E-state index contributed by atoms with van der Waals surface area (Å²) in [5.41, 5.74) is 0.837. The van der Waals surface area contributed by atoms with Gasteiger partial charge in [-0.05, 0) is 31.2 Å². The number of amides is 3. The number of aliphatic carboxylic acids is 1. The van der Waals surface area contributed by atoms with Gasteiger partial charge in [-0.25, -0.2) is 0 Å². The second-order valence-corrected chi connectivity index (χ2v) is 16.7. The Hall–Kier alpha value is -4.07. The van der Waals surface area contributed by atoms with E-state index in [0.29, 0.717) is 32.1 Å². The molecule has 4 rings (SSSR count). The number of carboxylic acids is 1. The minimum absolute atomic E-state index is 0.0407. The molecular weight excluding hydrogens is 926 g/mol. The lowest BCUT2D eigenvalue weighted by atomic mass is 9.96. The smallest absolute Gasteiger partial charge is 0.306 e. The number of carboxylic acid groups (broad SMARTS) is 1. The molecule has 3 aliphatic rings. The van der Waals surface area contributed by atoms with Crippen LogP contribution in [0.3, 0.4) is 0 Å². The maximum absolute atomic E-state index is 12.7. The van der Waals surface area contributed by atoms with Crippen LogP contribution in [-0.4, -0.2) is 224 Å². The predicted molar refractivity (Wildman–Crippen MR) is 228 cm³/mol. The summed E-state index contributed by atoms with van der Waals surface area (Å²) in [5.74, 6) is -3.38. The molecule has 3 aliphatic heterocycles. The largest absolute Gasteiger partial charge is 0.481 e. The predicted octanol–water partition coefficient (Wildman–Crippen LogP) is -5.49. The normalized spacial score (nSPS) is 31.8. The van der Waals surface area contributed by atoms with E-state index in [2.05, 4.69) is 16.0 Å². The van der Waals surface area contributed by atoms with Gasteiger partial charge in [0.15, 0.2) is 18.9 Å². The first-order valence-electron chi connectivity index (χ1n) is 22.7. The van der Waals surface area contributed by atoms with Crippen molar-refractivity contribution in [2.75, 3.05) is 39.5 Å². The van der Waals surface area contributed by atoms with Crippen LogP contribution in [0, 0.1) is 0 Å². The molecule has 3 fully saturated rings. The van der Waals surface area contributed by atoms with Crippen LogP contribution in [0.5, 0.6) is 0 Å². The number of rotatable bonds is 28. The van der Waals surface area contributed by atoms with Crippen LogP contribution >= 0.6 is 0 Å². The van der Waals surface area contributed by atoms with Gasteiger partial charge in [0, 0.05) is 32.4 Å². The zero-order chi connectivity index (χ0) is 50.6. The summed E-state index contributed by atoms with van der Waals surface area (Å²) in [6, 6.07) is 7.79. The van der Waals surface area contributed by atoms with Crippen molar-refractivity contribution in [1.82, 2.24) is 16.0 Å². The van der Waals surface area contributed by atoms with Crippen molar-refractivity contribution in [3.8, 4) is 0 Å². The molecule has 3 heterocycles. The number of hydrogen-bond acceptors (Lipinski definition) is 22. The van der Waals surface area contributed by atoms with E-state index in [1.807, 2.05) is 30.3 Å². The Balaban J connectivity index is 1.17. The fourth-order valence-electron chi connectivity index (χ4n) is 7.46. The van der Waals surface area contributed by atoms with Crippen LogP contribution in [0.1, 0.15) is 63.4 Å². The summed E-state index contributed by atoms with van der Waals surface area (Å²) in [7, 11) is 0. The number of hydrogen-bond donors (Lipinski definition) is 14. The number of carbonyl (C=O) groups is 5. The molecule has 0 radical (unpaired) electrons. The second-order valence-electron chi connectivity index (χ2n) is 16.7. The molecule has 14 N–H and O–H groups in total. The Kier molecular flexibility index (Phi) is 24.4. The van der Waals surface area contributed by atoms with Crippen molar-refractivity contribution >= 4 is 29.7 Å². The monoisotopic (exact) mass is 993 g/mol. The lowest BCUT2D eigenvalue weighted by Gasteiger charge is -2.46. The molecule has 0 aromatic heterocycles. The van der Waals surface area contributed by atoms with Crippen molar-refractivity contribution in [1.29, 1.82) is 0 Å². The number of unbranched alkanes of at least 4 members (excludes halogenated alkanes) is 3. The molecule has 26 heteroatoms. The van der Waals surface area contributed by atoms with Gasteiger partial charge in [0.25, 0.3) is 0 Å². The third-order valence-corrected chi connectivity index (χ3v) is 11.4. The molecule has 392 valence electrons. The van der Waals surface area contributed by atoms with Crippen molar-refractivity contribution in [3.63, 3.8) is 0 Å². The van der Waals surface area contributed by atoms with E-state index >= 15 is 0 Å². The number of carbonyl (C=O) groups excluding carboxylic acids is 4. The van der Waals surface area contributed by atoms with E-state index in [0.717, 1.165) is 5.56 Å². The number of ether oxygens (including phenoxy) is 7. The van der Waals surface area contributed by atoms with Gasteiger partial charge in [-0.1, -0.05) is 36.8 Å². The van der Waals surface area contributed by atoms with Crippen molar-refractivity contribution in [2.24, 2.45) is 0 Å². The average molecular weight is 994 g/mol. The van der Waals surface area contributed by atoms with Gasteiger partial charge in [-0.2, -0.15) is 0 Å². The number of benzene rings is 1. The molecule has 0 spiro atoms. The third-order valence-electron chi connectivity index (χ3n) is 11.4. The lowest BCUT2D eigenvalue weighted by molar-refractivity contribution is -0.366. The molecule has 1 aromatic carbocycles. The van der Waals surface area contributed by atoms with Crippen LogP contribution in [0.25, 0.3) is 0 Å². The van der Waals surface area contributed by atoms with Gasteiger partial charge < -0.3 is 105 Å². The molecule has 16 atom stereocenters. The fraction of sp³-hybridized carbons (Fsp3) is 0.744. The van der Waals surface area contributed by atoms with Crippen LogP contribution in [0.2, 0.25) is 0 Å². The van der Waals surface area contributed by atoms with Gasteiger partial charge in [0.2, 0.25) is 17.7 Å². The summed E-state index contributed by atoms with van der Waals surface area (Å²) in [4.78, 5) is 61.2. The topological polar surface area (TPSA) is 409 Å². The van der Waals surface area contributed by atoms with E-state index in [4.69, 9.17) is 33.2 Å². The molecule has 69 heavy (non-hydrogen) atoms. The van der Waals surface area contributed by atoms with E-state index in [-0.39, 0.29) is 45.6 Å². The highest BCUT2D eigenvalue weighted by molar-refractivity contribution is 5.90. The van der Waals surface area contributed by atoms with Crippen LogP contribution in [-0.2, 0) is 63.7 Å². The number of aliphatic hydroxyl groups is 10. The van der Waals surface area contributed by atoms with E-state index < -0.39 is 154 Å². The van der Waals surface area contributed by atoms with E-state index in [9.17, 15) is 80.1 Å². The fourth-order valence-corrected chi connectivity index (χ4v) is 7.46. The molecule has 0 saturated carbocycles. The third kappa shape index (κ3) is 17.9. The molecule has 3 saturated heterocycles. The zero-order valence-corrected chi connectivity index (χ0v) is 37.8. The summed E-state index contributed by atoms with van der Waals surface area (Å²) < 4.78 is 38.5. The van der Waals surface area contributed by atoms with Gasteiger partial charge in [-0.15, -0.1) is 0 Å². The Bertz CT molecular complexity index is 1730. The minimum atomic E-state index is -1.93. The number of aliphatic hydroxyl groups excluding tert-OH is 10. The van der Waals surface area contributed by atoms with Crippen molar-refractivity contribution in [3.05, 3.63) is 35.9 Å². The van der Waals surface area contributed by atoms with Gasteiger partial charge in [0.05, 0.1) is 32.8 Å². The summed E-state index contributed by atoms with van der Waals surface area (Å²) in [6.45, 7) is -2.39. The molecule has 26 nitrogen and oxygen atoms in total. The van der Waals surface area contributed by atoms with Gasteiger partial charge >= 0.3 is 11.9 Å². The van der Waals surface area contributed by atoms with Gasteiger partial charge in [0.1, 0.15) is 85.9 Å². The Morgan fingerprint density at radius 1 is 0.594 bits per heavy atom. The van der Waals surface area contributed by atoms with E-state index in [1.165, 1.54) is 0 Å². The highest BCUT2D eigenvalue weighted by Crippen LogP contribution is 2.31. The van der Waals surface area contributed by atoms with Crippen LogP contribution in [0.4, 0.5) is 0 Å². The van der Waals surface area contributed by atoms with E-state index in [1.54, 1.807) is 0 Å². The number of nitrogens with one attached hydrogen (secondary N) is 3. The first-order chi connectivity index (χ1) is 32.9. The van der Waals surface area contributed by atoms with Gasteiger partial charge in [-0.3, -0.25) is 24.0 Å². The summed E-state index contributed by atoms with van der Waals surface area (Å²) >= 11 is 0. The Morgan fingerprint density at radius 3 is 1.83 bits per heavy atom. The highest BCUT2D eigenvalue weighted by Gasteiger charge is 2.52. The van der Waals surface area contributed by atoms with Crippen LogP contribution < -0.4 is 16.0 Å². The molecule has 3 amide bonds. The van der Waals surface area contributed by atoms with Crippen molar-refractivity contribution < 1.29 is 113 Å². The first kappa shape index (κ1) is 57.5. The highest BCUT2D eigenvalue weighted by atomic mass is 16.7. The average Bonchev–Trinajstić information content (AvgIpc) is 3.33. The Morgan fingerprint density at radius 2 is 1.17 bits per heavy atom.